The van der Waals surface area contributed by atoms with Crippen molar-refractivity contribution in [2.45, 2.75) is 30.4 Å². The molecule has 0 heterocycles. The van der Waals surface area contributed by atoms with E-state index in [1.165, 1.54) is 11.8 Å². The third kappa shape index (κ3) is 5.84. The van der Waals surface area contributed by atoms with E-state index in [9.17, 15) is 9.59 Å². The van der Waals surface area contributed by atoms with Crippen LogP contribution in [0.3, 0.4) is 0 Å². The largest absolute Gasteiger partial charge is 0.481 e. The maximum absolute atomic E-state index is 11.9. The van der Waals surface area contributed by atoms with E-state index in [4.69, 9.17) is 16.7 Å². The lowest BCUT2D eigenvalue weighted by molar-refractivity contribution is -0.138. The van der Waals surface area contributed by atoms with Crippen molar-refractivity contribution in [1.29, 1.82) is 0 Å². The Hall–Kier alpha value is -1.20. The van der Waals surface area contributed by atoms with Crippen LogP contribution in [0, 0.1) is 5.92 Å². The van der Waals surface area contributed by atoms with E-state index in [0.29, 0.717) is 11.6 Å². The Labute approximate surface area is 127 Å². The molecule has 0 bridgehead atoms. The molecule has 0 aliphatic heterocycles. The summed E-state index contributed by atoms with van der Waals surface area (Å²) in [4.78, 5) is 23.3. The molecule has 1 rings (SSSR count). The van der Waals surface area contributed by atoms with E-state index in [-0.39, 0.29) is 23.5 Å². The van der Waals surface area contributed by atoms with Crippen LogP contribution in [0.5, 0.6) is 0 Å². The van der Waals surface area contributed by atoms with E-state index in [2.05, 4.69) is 5.32 Å². The summed E-state index contributed by atoms with van der Waals surface area (Å²) in [6.07, 6.45) is 0.0479. The molecule has 20 heavy (non-hydrogen) atoms. The number of carbonyl (C=O) groups excluding carboxylic acids is 1. The molecule has 0 aliphatic carbocycles. The smallest absolute Gasteiger partial charge is 0.303 e. The van der Waals surface area contributed by atoms with Crippen molar-refractivity contribution in [3.63, 3.8) is 0 Å². The fraction of sp³-hybridized carbons (Fsp3) is 0.429. The van der Waals surface area contributed by atoms with Gasteiger partial charge in [-0.25, -0.2) is 0 Å². The van der Waals surface area contributed by atoms with Crippen LogP contribution in [-0.4, -0.2) is 28.8 Å². The van der Waals surface area contributed by atoms with Crippen molar-refractivity contribution in [3.8, 4) is 0 Å². The average molecular weight is 316 g/mol. The number of rotatable bonds is 7. The normalized spacial score (nSPS) is 13.6. The molecule has 4 nitrogen and oxygen atoms in total. The summed E-state index contributed by atoms with van der Waals surface area (Å²) in [5.74, 6) is -1.06. The number of carboxylic acids is 1. The SMILES string of the molecule is CC(CNC(=O)C(C)Sc1ccccc1Cl)CC(=O)O. The number of thioether (sulfide) groups is 1. The molecule has 0 spiro atoms. The molecule has 0 aliphatic rings. The molecule has 2 atom stereocenters. The minimum absolute atomic E-state index is 0.0479. The molecule has 0 aromatic heterocycles. The number of amides is 1. The Balaban J connectivity index is 2.44. The molecule has 0 fully saturated rings. The Kier molecular flexibility index (Phi) is 6.88. The third-order valence-electron chi connectivity index (χ3n) is 2.66. The Morgan fingerprint density at radius 3 is 2.60 bits per heavy atom. The first kappa shape index (κ1) is 16.9. The number of carbonyl (C=O) groups is 2. The predicted octanol–water partition coefficient (Wildman–Crippen LogP) is 3.05. The van der Waals surface area contributed by atoms with E-state index in [1.54, 1.807) is 19.9 Å². The zero-order chi connectivity index (χ0) is 15.1. The Morgan fingerprint density at radius 1 is 1.35 bits per heavy atom. The summed E-state index contributed by atoms with van der Waals surface area (Å²) < 4.78 is 0. The first-order valence-electron chi connectivity index (χ1n) is 6.30. The number of hydrogen-bond donors (Lipinski definition) is 2. The lowest BCUT2D eigenvalue weighted by Gasteiger charge is -2.15. The molecular weight excluding hydrogens is 298 g/mol. The average Bonchev–Trinajstić information content (AvgIpc) is 2.37. The van der Waals surface area contributed by atoms with Crippen molar-refractivity contribution < 1.29 is 14.7 Å². The van der Waals surface area contributed by atoms with Crippen molar-refractivity contribution in [3.05, 3.63) is 29.3 Å². The van der Waals surface area contributed by atoms with Crippen LogP contribution in [0.25, 0.3) is 0 Å². The number of halogens is 1. The van der Waals surface area contributed by atoms with Gasteiger partial charge in [-0.2, -0.15) is 0 Å². The molecule has 0 radical (unpaired) electrons. The quantitative estimate of drug-likeness (QED) is 0.759. The molecule has 1 aromatic rings. The second kappa shape index (κ2) is 8.17. The topological polar surface area (TPSA) is 66.4 Å². The van der Waals surface area contributed by atoms with Crippen molar-refractivity contribution in [2.24, 2.45) is 5.92 Å². The first-order chi connectivity index (χ1) is 9.40. The minimum Gasteiger partial charge on any atom is -0.481 e. The van der Waals surface area contributed by atoms with Gasteiger partial charge in [-0.15, -0.1) is 11.8 Å². The highest BCUT2D eigenvalue weighted by Gasteiger charge is 2.17. The number of benzene rings is 1. The summed E-state index contributed by atoms with van der Waals surface area (Å²) in [7, 11) is 0. The monoisotopic (exact) mass is 315 g/mol. The summed E-state index contributed by atoms with van der Waals surface area (Å²) in [5, 5.41) is 11.7. The number of hydrogen-bond acceptors (Lipinski definition) is 3. The number of aliphatic carboxylic acids is 1. The van der Waals surface area contributed by atoms with Crippen LogP contribution in [-0.2, 0) is 9.59 Å². The molecule has 110 valence electrons. The molecular formula is C14H18ClNO3S. The summed E-state index contributed by atoms with van der Waals surface area (Å²) in [6.45, 7) is 3.95. The first-order valence-corrected chi connectivity index (χ1v) is 7.56. The van der Waals surface area contributed by atoms with Crippen LogP contribution in [0.1, 0.15) is 20.3 Å². The van der Waals surface area contributed by atoms with Gasteiger partial charge in [-0.1, -0.05) is 30.7 Å². The zero-order valence-corrected chi connectivity index (χ0v) is 13.0. The van der Waals surface area contributed by atoms with Crippen LogP contribution in [0.4, 0.5) is 0 Å². The maximum Gasteiger partial charge on any atom is 0.303 e. The van der Waals surface area contributed by atoms with Crippen LogP contribution in [0.2, 0.25) is 5.02 Å². The van der Waals surface area contributed by atoms with Gasteiger partial charge in [0.1, 0.15) is 0 Å². The van der Waals surface area contributed by atoms with Gasteiger partial charge in [0.05, 0.1) is 10.3 Å². The second-order valence-electron chi connectivity index (χ2n) is 4.64. The lowest BCUT2D eigenvalue weighted by Crippen LogP contribution is -2.34. The van der Waals surface area contributed by atoms with Crippen molar-refractivity contribution in [1.82, 2.24) is 5.32 Å². The van der Waals surface area contributed by atoms with Crippen molar-refractivity contribution in [2.75, 3.05) is 6.54 Å². The van der Waals surface area contributed by atoms with E-state index in [1.807, 2.05) is 18.2 Å². The summed E-state index contributed by atoms with van der Waals surface area (Å²) >= 11 is 7.42. The molecule has 1 aromatic carbocycles. The number of nitrogens with one attached hydrogen (secondary N) is 1. The van der Waals surface area contributed by atoms with Crippen LogP contribution < -0.4 is 5.32 Å². The highest BCUT2D eigenvalue weighted by atomic mass is 35.5. The predicted molar refractivity (Wildman–Crippen MR) is 81.2 cm³/mol. The summed E-state index contributed by atoms with van der Waals surface area (Å²) in [6, 6.07) is 7.35. The highest BCUT2D eigenvalue weighted by molar-refractivity contribution is 8.00. The third-order valence-corrected chi connectivity index (χ3v) is 4.28. The van der Waals surface area contributed by atoms with E-state index < -0.39 is 5.97 Å². The van der Waals surface area contributed by atoms with E-state index >= 15 is 0 Å². The maximum atomic E-state index is 11.9. The molecule has 1 amide bonds. The molecule has 0 saturated heterocycles. The zero-order valence-electron chi connectivity index (χ0n) is 11.4. The van der Waals surface area contributed by atoms with Crippen LogP contribution in [0.15, 0.2) is 29.2 Å². The fourth-order valence-corrected chi connectivity index (χ4v) is 2.75. The Morgan fingerprint density at radius 2 is 2.00 bits per heavy atom. The Bertz CT molecular complexity index is 481. The van der Waals surface area contributed by atoms with Gasteiger partial charge < -0.3 is 10.4 Å². The summed E-state index contributed by atoms with van der Waals surface area (Å²) in [5.41, 5.74) is 0. The van der Waals surface area contributed by atoms with E-state index in [0.717, 1.165) is 4.90 Å². The van der Waals surface area contributed by atoms with Gasteiger partial charge in [-0.3, -0.25) is 9.59 Å². The van der Waals surface area contributed by atoms with Gasteiger partial charge in [0.15, 0.2) is 0 Å². The van der Waals surface area contributed by atoms with Gasteiger partial charge in [0.25, 0.3) is 0 Å². The highest BCUT2D eigenvalue weighted by Crippen LogP contribution is 2.29. The molecule has 2 N–H and O–H groups in total. The minimum atomic E-state index is -0.856. The lowest BCUT2D eigenvalue weighted by atomic mass is 10.1. The molecule has 2 unspecified atom stereocenters. The van der Waals surface area contributed by atoms with Crippen LogP contribution >= 0.6 is 23.4 Å². The fourth-order valence-electron chi connectivity index (χ4n) is 1.57. The van der Waals surface area contributed by atoms with Gasteiger partial charge in [0.2, 0.25) is 5.91 Å². The van der Waals surface area contributed by atoms with Gasteiger partial charge in [0, 0.05) is 17.9 Å². The van der Waals surface area contributed by atoms with Crippen molar-refractivity contribution >= 4 is 35.2 Å². The van der Waals surface area contributed by atoms with Gasteiger partial charge in [-0.05, 0) is 25.0 Å². The molecule has 6 heteroatoms. The number of carboxylic acid groups (broad SMARTS) is 1. The standard InChI is InChI=1S/C14H18ClNO3S/c1-9(7-13(17)18)8-16-14(19)10(2)20-12-6-4-3-5-11(12)15/h3-6,9-10H,7-8H2,1-2H3,(H,16,19)(H,17,18). The van der Waals surface area contributed by atoms with Gasteiger partial charge >= 0.3 is 5.97 Å². The molecule has 0 saturated carbocycles. The second-order valence-corrected chi connectivity index (χ2v) is 6.43.